The van der Waals surface area contributed by atoms with Gasteiger partial charge in [0.2, 0.25) is 0 Å². The SMILES string of the molecule is O=C(O)CCCCCCNC(=O)c1ccc2c(c1)N=S=N2. The Labute approximate surface area is 126 Å². The summed E-state index contributed by atoms with van der Waals surface area (Å²) in [5.74, 6) is -0.870. The predicted octanol–water partition coefficient (Wildman–Crippen LogP) is 3.18. The van der Waals surface area contributed by atoms with Crippen molar-refractivity contribution in [2.24, 2.45) is 8.73 Å². The van der Waals surface area contributed by atoms with Gasteiger partial charge >= 0.3 is 5.97 Å². The number of carbonyl (C=O) groups excluding carboxylic acids is 1. The highest BCUT2D eigenvalue weighted by atomic mass is 32.1. The Morgan fingerprint density at radius 1 is 1.10 bits per heavy atom. The molecule has 0 radical (unpaired) electrons. The lowest BCUT2D eigenvalue weighted by Crippen LogP contribution is -2.24. The molecular weight excluding hydrogens is 290 g/mol. The van der Waals surface area contributed by atoms with Crippen LogP contribution >= 0.6 is 0 Å². The van der Waals surface area contributed by atoms with Crippen molar-refractivity contribution in [1.82, 2.24) is 5.32 Å². The summed E-state index contributed by atoms with van der Waals surface area (Å²) in [4.78, 5) is 22.3. The van der Waals surface area contributed by atoms with Crippen molar-refractivity contribution in [3.8, 4) is 0 Å². The summed E-state index contributed by atoms with van der Waals surface area (Å²) in [5.41, 5.74) is 2.12. The van der Waals surface area contributed by atoms with E-state index in [0.717, 1.165) is 42.0 Å². The molecule has 112 valence electrons. The van der Waals surface area contributed by atoms with Crippen LogP contribution in [0.15, 0.2) is 26.9 Å². The summed E-state index contributed by atoms with van der Waals surface area (Å²) in [6.07, 6.45) is 3.55. The van der Waals surface area contributed by atoms with E-state index in [1.165, 1.54) is 0 Å². The van der Waals surface area contributed by atoms with Crippen LogP contribution in [-0.2, 0) is 16.1 Å². The lowest BCUT2D eigenvalue weighted by atomic mass is 10.1. The molecule has 21 heavy (non-hydrogen) atoms. The fourth-order valence-corrected chi connectivity index (χ4v) is 2.50. The van der Waals surface area contributed by atoms with Crippen molar-refractivity contribution in [3.63, 3.8) is 0 Å². The molecule has 0 fully saturated rings. The lowest BCUT2D eigenvalue weighted by Gasteiger charge is -2.05. The maximum Gasteiger partial charge on any atom is 0.303 e. The second-order valence-electron chi connectivity index (χ2n) is 4.78. The van der Waals surface area contributed by atoms with E-state index < -0.39 is 5.97 Å². The maximum atomic E-state index is 12.0. The minimum absolute atomic E-state index is 0.115. The van der Waals surface area contributed by atoms with Gasteiger partial charge in [-0.3, -0.25) is 9.59 Å². The quantitative estimate of drug-likeness (QED) is 0.734. The van der Waals surface area contributed by atoms with Crippen molar-refractivity contribution >= 4 is 34.6 Å². The number of carboxylic acids is 1. The molecule has 0 aromatic heterocycles. The Kier molecular flexibility index (Phi) is 5.62. The summed E-state index contributed by atoms with van der Waals surface area (Å²) in [6.45, 7) is 0.596. The number of nitrogens with one attached hydrogen (secondary N) is 1. The summed E-state index contributed by atoms with van der Waals surface area (Å²) in [5, 5.41) is 11.4. The van der Waals surface area contributed by atoms with Crippen LogP contribution < -0.4 is 5.32 Å². The zero-order chi connectivity index (χ0) is 15.1. The normalized spacial score (nSPS) is 11.8. The van der Waals surface area contributed by atoms with Gasteiger partial charge in [0.15, 0.2) is 0 Å². The lowest BCUT2D eigenvalue weighted by molar-refractivity contribution is -0.137. The molecule has 1 aliphatic rings. The predicted molar refractivity (Wildman–Crippen MR) is 81.0 cm³/mol. The van der Waals surface area contributed by atoms with Gasteiger partial charge < -0.3 is 10.4 Å². The number of nitrogens with zero attached hydrogens (tertiary/aromatic N) is 2. The second-order valence-corrected chi connectivity index (χ2v) is 5.31. The van der Waals surface area contributed by atoms with Crippen LogP contribution in [-0.4, -0.2) is 23.5 Å². The van der Waals surface area contributed by atoms with Gasteiger partial charge in [-0.15, -0.1) is 0 Å². The zero-order valence-electron chi connectivity index (χ0n) is 11.5. The second kappa shape index (κ2) is 7.68. The van der Waals surface area contributed by atoms with Crippen LogP contribution in [0.1, 0.15) is 42.5 Å². The number of benzene rings is 1. The molecule has 0 saturated heterocycles. The van der Waals surface area contributed by atoms with E-state index in [-0.39, 0.29) is 12.3 Å². The van der Waals surface area contributed by atoms with E-state index in [1.807, 2.05) is 0 Å². The molecule has 1 aliphatic heterocycles. The smallest absolute Gasteiger partial charge is 0.303 e. The van der Waals surface area contributed by atoms with Crippen molar-refractivity contribution in [1.29, 1.82) is 0 Å². The van der Waals surface area contributed by atoms with Gasteiger partial charge in [0, 0.05) is 18.5 Å². The van der Waals surface area contributed by atoms with Crippen LogP contribution in [0, 0.1) is 0 Å². The van der Waals surface area contributed by atoms with Gasteiger partial charge in [0.05, 0.1) is 11.4 Å². The molecule has 1 aromatic carbocycles. The van der Waals surface area contributed by atoms with Gasteiger partial charge in [-0.1, -0.05) is 12.8 Å². The monoisotopic (exact) mass is 307 g/mol. The van der Waals surface area contributed by atoms with Crippen LogP contribution in [0.2, 0.25) is 0 Å². The molecule has 6 nitrogen and oxygen atoms in total. The maximum absolute atomic E-state index is 12.0. The number of amides is 1. The Hall–Kier alpha value is -2.02. The minimum Gasteiger partial charge on any atom is -0.481 e. The van der Waals surface area contributed by atoms with E-state index in [2.05, 4.69) is 14.0 Å². The van der Waals surface area contributed by atoms with Gasteiger partial charge in [-0.2, -0.15) is 8.73 Å². The van der Waals surface area contributed by atoms with Crippen molar-refractivity contribution in [3.05, 3.63) is 23.8 Å². The topological polar surface area (TPSA) is 91.1 Å². The van der Waals surface area contributed by atoms with E-state index in [4.69, 9.17) is 5.11 Å². The van der Waals surface area contributed by atoms with E-state index in [0.29, 0.717) is 18.5 Å². The highest BCUT2D eigenvalue weighted by Crippen LogP contribution is 2.31. The highest BCUT2D eigenvalue weighted by Gasteiger charge is 2.10. The number of unbranched alkanes of at least 4 members (excludes halogenated alkanes) is 3. The first-order valence-electron chi connectivity index (χ1n) is 6.89. The molecule has 1 aromatic rings. The molecule has 0 atom stereocenters. The highest BCUT2D eigenvalue weighted by molar-refractivity contribution is 7.58. The van der Waals surface area contributed by atoms with Crippen LogP contribution in [0.3, 0.4) is 0 Å². The molecule has 7 heteroatoms. The van der Waals surface area contributed by atoms with Gasteiger partial charge in [-0.25, -0.2) is 0 Å². The fourth-order valence-electron chi connectivity index (χ4n) is 1.98. The fraction of sp³-hybridized carbons (Fsp3) is 0.429. The Morgan fingerprint density at radius 3 is 2.67 bits per heavy atom. The number of hydrogen-bond donors (Lipinski definition) is 2. The first kappa shape index (κ1) is 15.4. The average Bonchev–Trinajstić information content (AvgIpc) is 2.93. The third-order valence-electron chi connectivity index (χ3n) is 3.12. The molecule has 2 rings (SSSR count). The molecule has 2 N–H and O–H groups in total. The number of fused-ring (bicyclic) bond motifs is 1. The van der Waals surface area contributed by atoms with Gasteiger partial charge in [0.25, 0.3) is 5.91 Å². The first-order valence-corrected chi connectivity index (χ1v) is 7.62. The standard InChI is InChI=1S/C14H17N3O3S/c18-13(19)5-3-1-2-4-8-15-14(20)10-6-7-11-12(9-10)17-21-16-11/h6-7,9H,1-5,8H2,(H,15,20)(H,18,19). The van der Waals surface area contributed by atoms with E-state index in [1.54, 1.807) is 18.2 Å². The Bertz CT molecular complexity index is 609. The number of aliphatic carboxylic acids is 1. The van der Waals surface area contributed by atoms with Crippen molar-refractivity contribution < 1.29 is 14.7 Å². The Balaban J connectivity index is 1.66. The average molecular weight is 307 g/mol. The molecule has 0 unspecified atom stereocenters. The van der Waals surface area contributed by atoms with Gasteiger partial charge in [0.1, 0.15) is 11.4 Å². The number of hydrogen-bond acceptors (Lipinski definition) is 4. The third kappa shape index (κ3) is 4.78. The van der Waals surface area contributed by atoms with Crippen LogP contribution in [0.4, 0.5) is 11.4 Å². The summed E-state index contributed by atoms with van der Waals surface area (Å²) >= 11 is 1.13. The molecule has 0 aliphatic carbocycles. The van der Waals surface area contributed by atoms with Crippen molar-refractivity contribution in [2.45, 2.75) is 32.1 Å². The van der Waals surface area contributed by atoms with Crippen LogP contribution in [0.5, 0.6) is 0 Å². The molecule has 0 spiro atoms. The molecule has 1 heterocycles. The third-order valence-corrected chi connectivity index (χ3v) is 3.68. The molecule has 0 saturated carbocycles. The summed E-state index contributed by atoms with van der Waals surface area (Å²) < 4.78 is 8.20. The number of carboxylic acid groups (broad SMARTS) is 1. The Morgan fingerprint density at radius 2 is 1.86 bits per heavy atom. The molecular formula is C14H17N3O3S. The van der Waals surface area contributed by atoms with E-state index in [9.17, 15) is 9.59 Å². The molecule has 0 bridgehead atoms. The number of carbonyl (C=O) groups is 2. The number of rotatable bonds is 8. The molecule has 1 amide bonds. The summed E-state index contributed by atoms with van der Waals surface area (Å²) in [6, 6.07) is 5.27. The van der Waals surface area contributed by atoms with Crippen LogP contribution in [0.25, 0.3) is 0 Å². The first-order chi connectivity index (χ1) is 10.2. The van der Waals surface area contributed by atoms with E-state index >= 15 is 0 Å². The van der Waals surface area contributed by atoms with Crippen molar-refractivity contribution in [2.75, 3.05) is 6.54 Å². The largest absolute Gasteiger partial charge is 0.481 e. The minimum atomic E-state index is -0.754. The zero-order valence-corrected chi connectivity index (χ0v) is 12.4. The summed E-state index contributed by atoms with van der Waals surface area (Å²) in [7, 11) is 0. The van der Waals surface area contributed by atoms with Gasteiger partial charge in [-0.05, 0) is 31.0 Å².